The van der Waals surface area contributed by atoms with Gasteiger partial charge in [-0.2, -0.15) is 0 Å². The van der Waals surface area contributed by atoms with E-state index in [9.17, 15) is 9.59 Å². The maximum atomic E-state index is 14.3. The zero-order valence-corrected chi connectivity index (χ0v) is 29.1. The molecule has 0 unspecified atom stereocenters. The van der Waals surface area contributed by atoms with E-state index in [1.807, 2.05) is 43.3 Å². The molecule has 0 spiro atoms. The van der Waals surface area contributed by atoms with Gasteiger partial charge in [-0.25, -0.2) is 9.79 Å². The fraction of sp³-hybridized carbons (Fsp3) is 0.270. The Labute approximate surface area is 288 Å². The van der Waals surface area contributed by atoms with Crippen molar-refractivity contribution in [2.75, 3.05) is 27.4 Å². The fourth-order valence-corrected chi connectivity index (χ4v) is 6.69. The summed E-state index contributed by atoms with van der Waals surface area (Å²) in [5, 5.41) is 0.651. The van der Waals surface area contributed by atoms with E-state index < -0.39 is 12.0 Å². The van der Waals surface area contributed by atoms with Crippen molar-refractivity contribution in [2.24, 2.45) is 4.99 Å². The van der Waals surface area contributed by atoms with E-state index in [4.69, 9.17) is 40.3 Å². The van der Waals surface area contributed by atoms with Crippen LogP contribution >= 0.6 is 22.9 Å². The van der Waals surface area contributed by atoms with Crippen LogP contribution in [0.1, 0.15) is 49.1 Å². The van der Waals surface area contributed by atoms with Gasteiger partial charge < -0.3 is 23.7 Å². The van der Waals surface area contributed by atoms with Crippen molar-refractivity contribution in [3.63, 3.8) is 0 Å². The lowest BCUT2D eigenvalue weighted by Gasteiger charge is -2.25. The topological polar surface area (TPSA) is 97.6 Å². The molecular formula is C37H37ClN2O7S. The number of hydrogen-bond donors (Lipinski definition) is 0. The van der Waals surface area contributed by atoms with E-state index in [0.717, 1.165) is 16.7 Å². The molecule has 0 amide bonds. The Morgan fingerprint density at radius 3 is 2.42 bits per heavy atom. The Morgan fingerprint density at radius 1 is 1.00 bits per heavy atom. The van der Waals surface area contributed by atoms with E-state index in [0.29, 0.717) is 68.2 Å². The monoisotopic (exact) mass is 688 g/mol. The van der Waals surface area contributed by atoms with E-state index in [2.05, 4.69) is 6.58 Å². The van der Waals surface area contributed by atoms with E-state index in [-0.39, 0.29) is 17.7 Å². The van der Waals surface area contributed by atoms with Crippen molar-refractivity contribution >= 4 is 35.0 Å². The third kappa shape index (κ3) is 7.19. The number of esters is 1. The number of aromatic nitrogens is 1. The second-order valence-corrected chi connectivity index (χ2v) is 12.2. The highest BCUT2D eigenvalue weighted by Gasteiger charge is 2.34. The van der Waals surface area contributed by atoms with Crippen molar-refractivity contribution in [3.8, 4) is 23.0 Å². The summed E-state index contributed by atoms with van der Waals surface area (Å²) in [6, 6.07) is 15.8. The van der Waals surface area contributed by atoms with Crippen molar-refractivity contribution < 1.29 is 28.5 Å². The first-order valence-electron chi connectivity index (χ1n) is 15.4. The second kappa shape index (κ2) is 15.4. The smallest absolute Gasteiger partial charge is 0.338 e. The van der Waals surface area contributed by atoms with Crippen LogP contribution < -0.4 is 33.8 Å². The molecule has 1 aliphatic rings. The number of fused-ring (bicyclic) bond motifs is 1. The number of thiazole rings is 1. The van der Waals surface area contributed by atoms with Crippen LogP contribution in [0, 0.1) is 0 Å². The summed E-state index contributed by atoms with van der Waals surface area (Å²) < 4.78 is 30.7. The average Bonchev–Trinajstić information content (AvgIpc) is 3.38. The molecule has 0 saturated carbocycles. The summed E-state index contributed by atoms with van der Waals surface area (Å²) in [6.45, 7) is 10.2. The molecule has 9 nitrogen and oxygen atoms in total. The summed E-state index contributed by atoms with van der Waals surface area (Å²) in [6.07, 6.45) is 4.11. The van der Waals surface area contributed by atoms with Crippen molar-refractivity contribution in [1.29, 1.82) is 0 Å². The number of methoxy groups -OCH3 is 2. The molecule has 1 aliphatic heterocycles. The first kappa shape index (κ1) is 34.5. The van der Waals surface area contributed by atoms with Gasteiger partial charge in [0.05, 0.1) is 49.3 Å². The predicted octanol–water partition coefficient (Wildman–Crippen LogP) is 6.18. The van der Waals surface area contributed by atoms with Gasteiger partial charge in [-0.3, -0.25) is 9.36 Å². The minimum Gasteiger partial charge on any atom is -0.493 e. The van der Waals surface area contributed by atoms with E-state index in [1.54, 1.807) is 51.3 Å². The number of ether oxygens (including phenoxy) is 5. The highest BCUT2D eigenvalue weighted by atomic mass is 35.5. The zero-order chi connectivity index (χ0) is 34.4. The normalized spacial score (nSPS) is 14.2. The molecule has 4 aromatic rings. The number of nitrogens with zero attached hydrogens (tertiary/aromatic N) is 2. The first-order chi connectivity index (χ1) is 23.2. The van der Waals surface area contributed by atoms with Gasteiger partial charge in [0.1, 0.15) is 6.61 Å². The van der Waals surface area contributed by atoms with Gasteiger partial charge in [0.15, 0.2) is 27.8 Å². The number of hydrogen-bond acceptors (Lipinski definition) is 9. The molecule has 0 bridgehead atoms. The lowest BCUT2D eigenvalue weighted by Crippen LogP contribution is -2.40. The van der Waals surface area contributed by atoms with Crippen LogP contribution in [-0.2, 0) is 22.6 Å². The Kier molecular flexibility index (Phi) is 11.1. The van der Waals surface area contributed by atoms with E-state index in [1.165, 1.54) is 23.0 Å². The third-order valence-corrected chi connectivity index (χ3v) is 8.89. The van der Waals surface area contributed by atoms with Crippen molar-refractivity contribution in [1.82, 2.24) is 4.57 Å². The molecule has 0 saturated heterocycles. The molecule has 0 radical (unpaired) electrons. The largest absolute Gasteiger partial charge is 0.493 e. The molecule has 0 fully saturated rings. The second-order valence-electron chi connectivity index (χ2n) is 10.8. The van der Waals surface area contributed by atoms with Crippen LogP contribution in [0.3, 0.4) is 0 Å². The van der Waals surface area contributed by atoms with Crippen molar-refractivity contribution in [2.45, 2.75) is 39.8 Å². The SMILES string of the molecule is C=CCc1cc(/C=c2/sc3n(c2=O)[C@H](c2ccc(OC)c(OC)c2)C(C(=O)OCC)=C(C)N=3)cc(OCC)c1OCc1ccc(Cl)cc1. The van der Waals surface area contributed by atoms with Gasteiger partial charge in [-0.05, 0) is 86.4 Å². The molecule has 48 heavy (non-hydrogen) atoms. The van der Waals surface area contributed by atoms with Gasteiger partial charge in [0, 0.05) is 10.6 Å². The summed E-state index contributed by atoms with van der Waals surface area (Å²) in [7, 11) is 3.08. The Bertz CT molecular complexity index is 2050. The van der Waals surface area contributed by atoms with Crippen LogP contribution in [0.15, 0.2) is 88.3 Å². The third-order valence-electron chi connectivity index (χ3n) is 7.65. The first-order valence-corrected chi connectivity index (χ1v) is 16.6. The Hall–Kier alpha value is -4.80. The fourth-order valence-electron chi connectivity index (χ4n) is 5.52. The highest BCUT2D eigenvalue weighted by Crippen LogP contribution is 2.37. The molecule has 250 valence electrons. The Balaban J connectivity index is 1.64. The number of carbonyl (C=O) groups is 1. The van der Waals surface area contributed by atoms with E-state index >= 15 is 0 Å². The summed E-state index contributed by atoms with van der Waals surface area (Å²) in [5.74, 6) is 1.60. The average molecular weight is 689 g/mol. The molecule has 1 aromatic heterocycles. The molecule has 0 N–H and O–H groups in total. The lowest BCUT2D eigenvalue weighted by molar-refractivity contribution is -0.139. The van der Waals surface area contributed by atoms with Crippen LogP contribution in [0.25, 0.3) is 6.08 Å². The molecular weight excluding hydrogens is 652 g/mol. The maximum absolute atomic E-state index is 14.3. The molecule has 5 rings (SSSR count). The van der Waals surface area contributed by atoms with Gasteiger partial charge in [-0.15, -0.1) is 6.58 Å². The van der Waals surface area contributed by atoms with Crippen molar-refractivity contribution in [3.05, 3.63) is 125 Å². The Morgan fingerprint density at radius 2 is 1.75 bits per heavy atom. The number of allylic oxidation sites excluding steroid dienone is 2. The molecule has 11 heteroatoms. The van der Waals surface area contributed by atoms with Crippen LogP contribution in [0.2, 0.25) is 5.02 Å². The highest BCUT2D eigenvalue weighted by molar-refractivity contribution is 7.07. The molecule has 3 aromatic carbocycles. The minimum atomic E-state index is -0.804. The number of rotatable bonds is 13. The van der Waals surface area contributed by atoms with Gasteiger partial charge in [0.2, 0.25) is 0 Å². The number of carbonyl (C=O) groups excluding carboxylic acids is 1. The minimum absolute atomic E-state index is 0.174. The van der Waals surface area contributed by atoms with Gasteiger partial charge in [0.25, 0.3) is 5.56 Å². The number of benzene rings is 3. The van der Waals surface area contributed by atoms with Crippen LogP contribution in [0.4, 0.5) is 0 Å². The summed E-state index contributed by atoms with van der Waals surface area (Å²) in [5.41, 5.74) is 3.63. The maximum Gasteiger partial charge on any atom is 0.338 e. The van der Waals surface area contributed by atoms with Gasteiger partial charge >= 0.3 is 5.97 Å². The molecule has 2 heterocycles. The molecule has 0 aliphatic carbocycles. The van der Waals surface area contributed by atoms with Crippen LogP contribution in [-0.4, -0.2) is 38.0 Å². The predicted molar refractivity (Wildman–Crippen MR) is 187 cm³/mol. The lowest BCUT2D eigenvalue weighted by atomic mass is 9.95. The zero-order valence-electron chi connectivity index (χ0n) is 27.5. The molecule has 1 atom stereocenters. The van der Waals surface area contributed by atoms with Crippen LogP contribution in [0.5, 0.6) is 23.0 Å². The summed E-state index contributed by atoms with van der Waals surface area (Å²) in [4.78, 5) is 32.7. The quantitative estimate of drug-likeness (QED) is 0.122. The standard InChI is InChI=1S/C37H37ClN2O7S/c1-7-10-26-17-24(18-30(45-8-2)34(26)47-21-23-11-14-27(38)15-12-23)19-31-35(41)40-33(25-13-16-28(43-5)29(20-25)44-6)32(36(42)46-9-3)22(4)39-37(40)48-31/h7,11-20,33H,1,8-10,21H2,2-6H3/b31-19+/t33-/m1/s1. The van der Waals surface area contributed by atoms with Gasteiger partial charge in [-0.1, -0.05) is 47.2 Å². The number of halogens is 1. The summed E-state index contributed by atoms with van der Waals surface area (Å²) >= 11 is 7.29.